The summed E-state index contributed by atoms with van der Waals surface area (Å²) in [6, 6.07) is 15.8. The van der Waals surface area contributed by atoms with Crippen molar-refractivity contribution in [2.75, 3.05) is 10.8 Å². The molecule has 1 amide bonds. The van der Waals surface area contributed by atoms with E-state index in [2.05, 4.69) is 10.5 Å². The molecule has 0 aliphatic heterocycles. The van der Waals surface area contributed by atoms with E-state index in [1.165, 1.54) is 47.9 Å². The van der Waals surface area contributed by atoms with Gasteiger partial charge in [-0.2, -0.15) is 5.10 Å². The van der Waals surface area contributed by atoms with Gasteiger partial charge in [0.25, 0.3) is 15.9 Å². The Hall–Kier alpha value is -2.39. The number of benzene rings is 2. The fraction of sp³-hybridized carbons (Fsp3) is 0.0526. The lowest BCUT2D eigenvalue weighted by Gasteiger charge is -2.24. The summed E-state index contributed by atoms with van der Waals surface area (Å²) in [6.07, 6.45) is 1.48. The highest BCUT2D eigenvalue weighted by Gasteiger charge is 2.27. The first-order valence-corrected chi connectivity index (χ1v) is 11.3. The molecule has 3 rings (SSSR count). The Morgan fingerprint density at radius 3 is 2.48 bits per heavy atom. The largest absolute Gasteiger partial charge is 0.271 e. The lowest BCUT2D eigenvalue weighted by Crippen LogP contribution is -2.39. The van der Waals surface area contributed by atoms with Crippen LogP contribution in [0.4, 0.5) is 5.69 Å². The number of rotatable bonds is 7. The molecule has 0 fully saturated rings. The Morgan fingerprint density at radius 2 is 1.83 bits per heavy atom. The van der Waals surface area contributed by atoms with E-state index in [4.69, 9.17) is 23.2 Å². The van der Waals surface area contributed by atoms with Gasteiger partial charge in [-0.3, -0.25) is 9.10 Å². The van der Waals surface area contributed by atoms with Crippen molar-refractivity contribution in [3.05, 3.63) is 81.0 Å². The molecule has 0 aliphatic rings. The van der Waals surface area contributed by atoms with Crippen molar-refractivity contribution in [1.29, 1.82) is 0 Å². The van der Waals surface area contributed by atoms with Crippen molar-refractivity contribution >= 4 is 62.4 Å². The predicted octanol–water partition coefficient (Wildman–Crippen LogP) is 4.40. The molecule has 2 aromatic carbocycles. The molecule has 0 spiro atoms. The van der Waals surface area contributed by atoms with Gasteiger partial charge in [0, 0.05) is 4.88 Å². The molecule has 29 heavy (non-hydrogen) atoms. The average Bonchev–Trinajstić information content (AvgIpc) is 3.22. The van der Waals surface area contributed by atoms with Gasteiger partial charge in [0.15, 0.2) is 0 Å². The molecule has 0 saturated heterocycles. The molecular weight excluding hydrogens is 453 g/mol. The van der Waals surface area contributed by atoms with E-state index in [-0.39, 0.29) is 20.6 Å². The second-order valence-corrected chi connectivity index (χ2v) is 9.39. The molecular formula is C19H15Cl2N3O3S2. The van der Waals surface area contributed by atoms with Crippen molar-refractivity contribution in [3.63, 3.8) is 0 Å². The average molecular weight is 468 g/mol. The number of halogens is 2. The zero-order valence-electron chi connectivity index (χ0n) is 14.8. The number of hydrogen-bond donors (Lipinski definition) is 1. The van der Waals surface area contributed by atoms with Gasteiger partial charge in [-0.05, 0) is 41.8 Å². The van der Waals surface area contributed by atoms with Gasteiger partial charge in [0.1, 0.15) is 6.54 Å². The maximum absolute atomic E-state index is 13.2. The van der Waals surface area contributed by atoms with Gasteiger partial charge in [0.05, 0.1) is 26.8 Å². The zero-order valence-corrected chi connectivity index (χ0v) is 18.0. The Kier molecular flexibility index (Phi) is 6.92. The molecule has 0 radical (unpaired) electrons. The standard InChI is InChI=1S/C19H15Cl2N3O3S2/c20-17-9-8-14(11-18(17)21)24(29(26,27)16-6-2-1-3-7-16)13-19(25)23-22-12-15-5-4-10-28-15/h1-12H,13H2,(H,23,25)/b22-12-. The van der Waals surface area contributed by atoms with Crippen molar-refractivity contribution in [2.24, 2.45) is 5.10 Å². The lowest BCUT2D eigenvalue weighted by molar-refractivity contribution is -0.119. The molecule has 0 atom stereocenters. The highest BCUT2D eigenvalue weighted by atomic mass is 35.5. The minimum Gasteiger partial charge on any atom is -0.271 e. The fourth-order valence-electron chi connectivity index (χ4n) is 2.37. The molecule has 0 bridgehead atoms. The first-order chi connectivity index (χ1) is 13.9. The third-order valence-electron chi connectivity index (χ3n) is 3.73. The molecule has 0 unspecified atom stereocenters. The van der Waals surface area contributed by atoms with Crippen molar-refractivity contribution in [3.8, 4) is 0 Å². The number of amides is 1. The number of anilines is 1. The minimum absolute atomic E-state index is 0.0426. The molecule has 1 N–H and O–H groups in total. The molecule has 0 saturated carbocycles. The van der Waals surface area contributed by atoms with Crippen LogP contribution in [0.3, 0.4) is 0 Å². The van der Waals surface area contributed by atoms with Gasteiger partial charge >= 0.3 is 0 Å². The maximum Gasteiger partial charge on any atom is 0.264 e. The summed E-state index contributed by atoms with van der Waals surface area (Å²) in [5.41, 5.74) is 2.55. The summed E-state index contributed by atoms with van der Waals surface area (Å²) in [5, 5.41) is 6.19. The smallest absolute Gasteiger partial charge is 0.264 e. The normalized spacial score (nSPS) is 11.5. The van der Waals surface area contributed by atoms with Gasteiger partial charge in [-0.25, -0.2) is 13.8 Å². The summed E-state index contributed by atoms with van der Waals surface area (Å²) in [5.74, 6) is -0.608. The Bertz CT molecular complexity index is 1120. The van der Waals surface area contributed by atoms with E-state index in [0.29, 0.717) is 0 Å². The molecule has 150 valence electrons. The van der Waals surface area contributed by atoms with E-state index in [1.807, 2.05) is 17.5 Å². The fourth-order valence-corrected chi connectivity index (χ4v) is 4.68. The van der Waals surface area contributed by atoms with Crippen LogP contribution in [0.1, 0.15) is 4.88 Å². The molecule has 1 aromatic heterocycles. The number of nitrogens with one attached hydrogen (secondary N) is 1. The van der Waals surface area contributed by atoms with Crippen molar-refractivity contribution < 1.29 is 13.2 Å². The number of hydrazone groups is 1. The SMILES string of the molecule is O=C(CN(c1ccc(Cl)c(Cl)c1)S(=O)(=O)c1ccccc1)N/N=C\c1cccs1. The first-order valence-electron chi connectivity index (χ1n) is 8.26. The molecule has 6 nitrogen and oxygen atoms in total. The number of nitrogens with zero attached hydrogens (tertiary/aromatic N) is 2. The second-order valence-electron chi connectivity index (χ2n) is 5.73. The summed E-state index contributed by atoms with van der Waals surface area (Å²) in [4.78, 5) is 13.3. The Labute approximate surface area is 182 Å². The highest BCUT2D eigenvalue weighted by molar-refractivity contribution is 7.92. The second kappa shape index (κ2) is 9.41. The van der Waals surface area contributed by atoms with Gasteiger partial charge in [-0.15, -0.1) is 11.3 Å². The first kappa shape index (κ1) is 21.3. The third-order valence-corrected chi connectivity index (χ3v) is 7.07. The topological polar surface area (TPSA) is 78.8 Å². The molecule has 1 heterocycles. The van der Waals surface area contributed by atoms with Gasteiger partial charge < -0.3 is 0 Å². The van der Waals surface area contributed by atoms with Crippen LogP contribution >= 0.6 is 34.5 Å². The van der Waals surface area contributed by atoms with E-state index in [1.54, 1.807) is 18.2 Å². The molecule has 0 aliphatic carbocycles. The number of hydrogen-bond acceptors (Lipinski definition) is 5. The number of thiophene rings is 1. The van der Waals surface area contributed by atoms with Crippen molar-refractivity contribution in [1.82, 2.24) is 5.43 Å². The number of sulfonamides is 1. The number of carbonyl (C=O) groups is 1. The van der Waals surface area contributed by atoms with Crippen LogP contribution in [-0.2, 0) is 14.8 Å². The van der Waals surface area contributed by atoms with Crippen molar-refractivity contribution in [2.45, 2.75) is 4.90 Å². The third kappa shape index (κ3) is 5.36. The minimum atomic E-state index is -4.03. The van der Waals surface area contributed by atoms with Crippen LogP contribution in [0.5, 0.6) is 0 Å². The van der Waals surface area contributed by atoms with Gasteiger partial charge in [0.2, 0.25) is 0 Å². The van der Waals surface area contributed by atoms with Crippen LogP contribution < -0.4 is 9.73 Å². The van der Waals surface area contributed by atoms with Crippen LogP contribution in [-0.4, -0.2) is 27.1 Å². The monoisotopic (exact) mass is 467 g/mol. The zero-order chi connectivity index (χ0) is 20.9. The Balaban J connectivity index is 1.88. The summed E-state index contributed by atoms with van der Waals surface area (Å²) in [7, 11) is -4.03. The summed E-state index contributed by atoms with van der Waals surface area (Å²) in [6.45, 7) is -0.489. The molecule has 10 heteroatoms. The van der Waals surface area contributed by atoms with E-state index in [9.17, 15) is 13.2 Å². The van der Waals surface area contributed by atoms with Gasteiger partial charge in [-0.1, -0.05) is 47.5 Å². The van der Waals surface area contributed by atoms with E-state index >= 15 is 0 Å². The van der Waals surface area contributed by atoms with Crippen LogP contribution in [0.2, 0.25) is 10.0 Å². The predicted molar refractivity (Wildman–Crippen MR) is 117 cm³/mol. The van der Waals surface area contributed by atoms with Crippen LogP contribution in [0, 0.1) is 0 Å². The molecule has 3 aromatic rings. The maximum atomic E-state index is 13.2. The number of carbonyl (C=O) groups excluding carboxylic acids is 1. The van der Waals surface area contributed by atoms with E-state index < -0.39 is 22.5 Å². The Morgan fingerprint density at radius 1 is 1.07 bits per heavy atom. The van der Waals surface area contributed by atoms with Crippen LogP contribution in [0.25, 0.3) is 0 Å². The summed E-state index contributed by atoms with van der Waals surface area (Å²) >= 11 is 13.5. The van der Waals surface area contributed by atoms with Crippen LogP contribution in [0.15, 0.2) is 76.0 Å². The highest BCUT2D eigenvalue weighted by Crippen LogP contribution is 2.30. The van der Waals surface area contributed by atoms with E-state index in [0.717, 1.165) is 9.18 Å². The summed E-state index contributed by atoms with van der Waals surface area (Å²) < 4.78 is 27.3. The quantitative estimate of drug-likeness (QED) is 0.413. The lowest BCUT2D eigenvalue weighted by atomic mass is 10.3.